The predicted octanol–water partition coefficient (Wildman–Crippen LogP) is 1.44. The molecule has 0 aliphatic heterocycles. The van der Waals surface area contributed by atoms with Crippen LogP contribution in [0.5, 0.6) is 0 Å². The van der Waals surface area contributed by atoms with Gasteiger partial charge in [-0.1, -0.05) is 24.3 Å². The summed E-state index contributed by atoms with van der Waals surface area (Å²) in [5.41, 5.74) is 1.84. The molecule has 2 N–H and O–H groups in total. The molecule has 1 aromatic rings. The van der Waals surface area contributed by atoms with Crippen LogP contribution in [0.3, 0.4) is 0 Å². The molecule has 1 unspecified atom stereocenters. The van der Waals surface area contributed by atoms with Crippen molar-refractivity contribution in [3.63, 3.8) is 0 Å². The molecule has 0 fully saturated rings. The van der Waals surface area contributed by atoms with Crippen LogP contribution in [0, 0.1) is 6.92 Å². The fraction of sp³-hybridized carbons (Fsp3) is 0.500. The molecule has 18 heavy (non-hydrogen) atoms. The molecule has 0 saturated heterocycles. The standard InChI is InChI=1S/C12H20N2O2S.ClH/c1-10-6-4-5-7-12(10)9-17(15,16)14-8-11(2)13-3;/h4-7,11,13-14H,8-9H2,1-3H3;1H. The number of rotatable bonds is 6. The molecule has 0 saturated carbocycles. The molecular weight excluding hydrogens is 272 g/mol. The van der Waals surface area contributed by atoms with Gasteiger partial charge in [0.15, 0.2) is 0 Å². The Kier molecular flexibility index (Phi) is 7.47. The molecule has 0 aliphatic rings. The van der Waals surface area contributed by atoms with E-state index in [2.05, 4.69) is 10.0 Å². The van der Waals surface area contributed by atoms with Gasteiger partial charge in [0, 0.05) is 12.6 Å². The number of hydrogen-bond acceptors (Lipinski definition) is 3. The van der Waals surface area contributed by atoms with Gasteiger partial charge in [-0.3, -0.25) is 0 Å². The van der Waals surface area contributed by atoms with Gasteiger partial charge < -0.3 is 5.32 Å². The lowest BCUT2D eigenvalue weighted by Crippen LogP contribution is -2.37. The van der Waals surface area contributed by atoms with Crippen molar-refractivity contribution in [3.8, 4) is 0 Å². The van der Waals surface area contributed by atoms with Crippen LogP contribution in [-0.2, 0) is 15.8 Å². The predicted molar refractivity (Wildman–Crippen MR) is 77.6 cm³/mol. The van der Waals surface area contributed by atoms with Crippen molar-refractivity contribution in [2.24, 2.45) is 0 Å². The second kappa shape index (κ2) is 7.74. The van der Waals surface area contributed by atoms with Gasteiger partial charge in [0.05, 0.1) is 5.75 Å². The lowest BCUT2D eigenvalue weighted by atomic mass is 10.1. The Bertz CT molecular complexity index is 463. The van der Waals surface area contributed by atoms with Crippen LogP contribution in [0.25, 0.3) is 0 Å². The Labute approximate surface area is 116 Å². The van der Waals surface area contributed by atoms with Crippen LogP contribution < -0.4 is 10.0 Å². The van der Waals surface area contributed by atoms with Crippen molar-refractivity contribution in [2.45, 2.75) is 25.6 Å². The number of aryl methyl sites for hydroxylation is 1. The van der Waals surface area contributed by atoms with Crippen molar-refractivity contribution >= 4 is 22.4 Å². The molecule has 0 amide bonds. The monoisotopic (exact) mass is 292 g/mol. The molecule has 0 aliphatic carbocycles. The minimum atomic E-state index is -3.25. The third kappa shape index (κ3) is 5.82. The molecule has 1 atom stereocenters. The molecule has 104 valence electrons. The van der Waals surface area contributed by atoms with Crippen LogP contribution in [0.15, 0.2) is 24.3 Å². The van der Waals surface area contributed by atoms with Crippen molar-refractivity contribution < 1.29 is 8.42 Å². The van der Waals surface area contributed by atoms with E-state index in [0.717, 1.165) is 11.1 Å². The number of sulfonamides is 1. The topological polar surface area (TPSA) is 58.2 Å². The van der Waals surface area contributed by atoms with Crippen molar-refractivity contribution in [3.05, 3.63) is 35.4 Å². The Hall–Kier alpha value is -0.620. The third-order valence-corrected chi connectivity index (χ3v) is 4.01. The first-order valence-electron chi connectivity index (χ1n) is 5.63. The maximum atomic E-state index is 11.8. The van der Waals surface area contributed by atoms with E-state index in [1.165, 1.54) is 0 Å². The molecule has 0 bridgehead atoms. The summed E-state index contributed by atoms with van der Waals surface area (Å²) in [7, 11) is -1.45. The minimum Gasteiger partial charge on any atom is -0.316 e. The zero-order chi connectivity index (χ0) is 12.9. The van der Waals surface area contributed by atoms with E-state index in [-0.39, 0.29) is 24.2 Å². The van der Waals surface area contributed by atoms with Gasteiger partial charge in [0.2, 0.25) is 10.0 Å². The fourth-order valence-electron chi connectivity index (χ4n) is 1.38. The first kappa shape index (κ1) is 17.4. The highest BCUT2D eigenvalue weighted by Gasteiger charge is 2.13. The molecule has 6 heteroatoms. The second-order valence-corrected chi connectivity index (χ2v) is 6.03. The molecule has 0 spiro atoms. The van der Waals surface area contributed by atoms with Gasteiger partial charge in [0.1, 0.15) is 0 Å². The Morgan fingerprint density at radius 1 is 1.28 bits per heavy atom. The van der Waals surface area contributed by atoms with Crippen LogP contribution >= 0.6 is 12.4 Å². The second-order valence-electron chi connectivity index (χ2n) is 4.22. The van der Waals surface area contributed by atoms with Crippen molar-refractivity contribution in [1.82, 2.24) is 10.0 Å². The summed E-state index contributed by atoms with van der Waals surface area (Å²) in [5.74, 6) is 0.0378. The third-order valence-electron chi connectivity index (χ3n) is 2.71. The van der Waals surface area contributed by atoms with E-state index in [1.54, 1.807) is 7.05 Å². The minimum absolute atomic E-state index is 0. The number of likely N-dealkylation sites (N-methyl/N-ethyl adjacent to an activating group) is 1. The molecule has 0 aromatic heterocycles. The SMILES string of the molecule is CNC(C)CNS(=O)(=O)Cc1ccccc1C.Cl. The Morgan fingerprint density at radius 3 is 2.44 bits per heavy atom. The normalized spacial score (nSPS) is 12.8. The van der Waals surface area contributed by atoms with E-state index in [1.807, 2.05) is 38.1 Å². The highest BCUT2D eigenvalue weighted by Crippen LogP contribution is 2.10. The van der Waals surface area contributed by atoms with E-state index in [4.69, 9.17) is 0 Å². The summed E-state index contributed by atoms with van der Waals surface area (Å²) in [6.07, 6.45) is 0. The average molecular weight is 293 g/mol. The van der Waals surface area contributed by atoms with Gasteiger partial charge in [-0.15, -0.1) is 12.4 Å². The van der Waals surface area contributed by atoms with Crippen LogP contribution in [0.4, 0.5) is 0 Å². The van der Waals surface area contributed by atoms with E-state index < -0.39 is 10.0 Å². The number of hydrogen-bond donors (Lipinski definition) is 2. The van der Waals surface area contributed by atoms with Crippen molar-refractivity contribution in [2.75, 3.05) is 13.6 Å². The maximum Gasteiger partial charge on any atom is 0.215 e. The molecular formula is C12H21ClN2O2S. The Balaban J connectivity index is 0.00000289. The number of benzene rings is 1. The largest absolute Gasteiger partial charge is 0.316 e. The number of halogens is 1. The highest BCUT2D eigenvalue weighted by molar-refractivity contribution is 7.88. The van der Waals surface area contributed by atoms with Gasteiger partial charge in [-0.25, -0.2) is 13.1 Å². The van der Waals surface area contributed by atoms with Crippen LogP contribution in [0.2, 0.25) is 0 Å². The quantitative estimate of drug-likeness (QED) is 0.834. The van der Waals surface area contributed by atoms with Gasteiger partial charge in [0.25, 0.3) is 0 Å². The first-order chi connectivity index (χ1) is 7.94. The number of nitrogens with one attached hydrogen (secondary N) is 2. The lowest BCUT2D eigenvalue weighted by molar-refractivity contribution is 0.553. The fourth-order valence-corrected chi connectivity index (χ4v) is 2.72. The van der Waals surface area contributed by atoms with E-state index >= 15 is 0 Å². The molecule has 0 radical (unpaired) electrons. The lowest BCUT2D eigenvalue weighted by Gasteiger charge is -2.12. The van der Waals surface area contributed by atoms with Gasteiger partial charge >= 0.3 is 0 Å². The summed E-state index contributed by atoms with van der Waals surface area (Å²) in [6.45, 7) is 4.25. The van der Waals surface area contributed by atoms with Gasteiger partial charge in [-0.2, -0.15) is 0 Å². The van der Waals surface area contributed by atoms with E-state index in [0.29, 0.717) is 6.54 Å². The summed E-state index contributed by atoms with van der Waals surface area (Å²) >= 11 is 0. The smallest absolute Gasteiger partial charge is 0.215 e. The molecule has 4 nitrogen and oxygen atoms in total. The zero-order valence-corrected chi connectivity index (χ0v) is 12.6. The Morgan fingerprint density at radius 2 is 1.89 bits per heavy atom. The summed E-state index contributed by atoms with van der Waals surface area (Å²) in [4.78, 5) is 0. The van der Waals surface area contributed by atoms with Crippen molar-refractivity contribution in [1.29, 1.82) is 0 Å². The first-order valence-corrected chi connectivity index (χ1v) is 7.29. The maximum absolute atomic E-state index is 11.8. The highest BCUT2D eigenvalue weighted by atomic mass is 35.5. The molecule has 1 aromatic carbocycles. The van der Waals surface area contributed by atoms with Gasteiger partial charge in [-0.05, 0) is 32.0 Å². The summed E-state index contributed by atoms with van der Waals surface area (Å²) in [5, 5.41) is 2.99. The molecule has 1 rings (SSSR count). The average Bonchev–Trinajstić information content (AvgIpc) is 2.29. The zero-order valence-electron chi connectivity index (χ0n) is 10.9. The summed E-state index contributed by atoms with van der Waals surface area (Å²) < 4.78 is 26.3. The van der Waals surface area contributed by atoms with Crippen LogP contribution in [0.1, 0.15) is 18.1 Å². The van der Waals surface area contributed by atoms with Crippen LogP contribution in [-0.4, -0.2) is 28.1 Å². The van der Waals surface area contributed by atoms with E-state index in [9.17, 15) is 8.42 Å². The summed E-state index contributed by atoms with van der Waals surface area (Å²) in [6, 6.07) is 7.65. The molecule has 0 heterocycles.